The number of ether oxygens (including phenoxy) is 1. The Morgan fingerprint density at radius 2 is 1.54 bits per heavy atom. The van der Waals surface area contributed by atoms with Gasteiger partial charge in [0.25, 0.3) is 11.9 Å². The molecule has 14 heteroatoms. The Balaban J connectivity index is 1.04. The zero-order chi connectivity index (χ0) is 37.0. The molecule has 4 heterocycles. The lowest BCUT2D eigenvalue weighted by Gasteiger charge is -2.35. The number of amides is 2. The third kappa shape index (κ3) is 8.72. The highest BCUT2D eigenvalue weighted by Gasteiger charge is 2.42. The summed E-state index contributed by atoms with van der Waals surface area (Å²) < 4.78 is 52.9. The number of rotatable bonds is 8. The van der Waals surface area contributed by atoms with Crippen molar-refractivity contribution in [2.45, 2.75) is 57.7 Å². The van der Waals surface area contributed by atoms with Gasteiger partial charge < -0.3 is 29.2 Å². The van der Waals surface area contributed by atoms with Crippen LogP contribution in [0.25, 0.3) is 0 Å². The molecule has 0 saturated carbocycles. The molecule has 0 radical (unpaired) electrons. The molecule has 6 rings (SSSR count). The number of hydrogen-bond donors (Lipinski definition) is 1. The van der Waals surface area contributed by atoms with Crippen molar-refractivity contribution < 1.29 is 36.7 Å². The van der Waals surface area contributed by atoms with Crippen LogP contribution >= 0.6 is 0 Å². The van der Waals surface area contributed by atoms with E-state index in [1.807, 2.05) is 35.2 Å². The number of nitrogens with one attached hydrogen (secondary N) is 1. The average Bonchev–Trinajstić information content (AvgIpc) is 3.59. The molecule has 2 aromatic carbocycles. The third-order valence-corrected chi connectivity index (χ3v) is 9.07. The molecule has 2 aliphatic heterocycles. The minimum absolute atomic E-state index is 0.0531. The molecular weight excluding hydrogens is 677 g/mol. The second-order valence-corrected chi connectivity index (χ2v) is 13.9. The fourth-order valence-corrected chi connectivity index (χ4v) is 6.42. The number of anilines is 3. The van der Waals surface area contributed by atoms with Crippen molar-refractivity contribution >= 4 is 35.3 Å². The van der Waals surface area contributed by atoms with Gasteiger partial charge in [0, 0.05) is 39.3 Å². The van der Waals surface area contributed by atoms with Gasteiger partial charge in [-0.2, -0.15) is 18.2 Å². The molecule has 2 aromatic heterocycles. The van der Waals surface area contributed by atoms with Gasteiger partial charge >= 0.3 is 12.1 Å². The second-order valence-electron chi connectivity index (χ2n) is 13.9. The minimum atomic E-state index is -4.90. The molecule has 52 heavy (non-hydrogen) atoms. The summed E-state index contributed by atoms with van der Waals surface area (Å²) in [5.41, 5.74) is 0.268. The molecule has 0 unspecified atom stereocenters. The highest BCUT2D eigenvalue weighted by Crippen LogP contribution is 2.36. The van der Waals surface area contributed by atoms with E-state index in [0.717, 1.165) is 0 Å². The Kier molecular flexibility index (Phi) is 10.5. The van der Waals surface area contributed by atoms with Gasteiger partial charge in [0.1, 0.15) is 11.4 Å². The lowest BCUT2D eigenvalue weighted by Crippen LogP contribution is -2.49. The van der Waals surface area contributed by atoms with Gasteiger partial charge in [-0.25, -0.2) is 9.78 Å². The van der Waals surface area contributed by atoms with Crippen LogP contribution in [0.5, 0.6) is 0 Å². The number of nitrogens with zero attached hydrogens (tertiary/aromatic N) is 5. The Hall–Kier alpha value is -5.40. The predicted molar refractivity (Wildman–Crippen MR) is 188 cm³/mol. The largest absolute Gasteiger partial charge is 0.456 e. The van der Waals surface area contributed by atoms with Crippen molar-refractivity contribution in [3.63, 3.8) is 0 Å². The van der Waals surface area contributed by atoms with Crippen LogP contribution in [-0.2, 0) is 22.1 Å². The number of oxazole rings is 1. The van der Waals surface area contributed by atoms with Crippen LogP contribution in [-0.4, -0.2) is 77.5 Å². The average molecular weight is 719 g/mol. The van der Waals surface area contributed by atoms with Gasteiger partial charge in [-0.05, 0) is 68.9 Å². The van der Waals surface area contributed by atoms with Crippen molar-refractivity contribution in [2.75, 3.05) is 54.4 Å². The summed E-state index contributed by atoms with van der Waals surface area (Å²) in [5, 5.41) is 2.46. The van der Waals surface area contributed by atoms with E-state index in [0.29, 0.717) is 69.1 Å². The number of carbonyl (C=O) groups excluding carboxylic acids is 3. The van der Waals surface area contributed by atoms with Crippen LogP contribution in [0.1, 0.15) is 77.3 Å². The summed E-state index contributed by atoms with van der Waals surface area (Å²) in [6.07, 6.45) is -2.06. The third-order valence-electron chi connectivity index (χ3n) is 9.07. The van der Waals surface area contributed by atoms with Crippen molar-refractivity contribution in [1.29, 1.82) is 0 Å². The molecule has 0 bridgehead atoms. The van der Waals surface area contributed by atoms with E-state index < -0.39 is 35.1 Å². The smallest absolute Gasteiger partial charge is 0.437 e. The number of esters is 1. The van der Waals surface area contributed by atoms with Crippen molar-refractivity contribution in [3.8, 4) is 0 Å². The maximum absolute atomic E-state index is 14.0. The molecule has 0 spiro atoms. The number of hydrogen-bond acceptors (Lipinski definition) is 9. The fourth-order valence-electron chi connectivity index (χ4n) is 6.42. The molecule has 2 aliphatic rings. The zero-order valence-electron chi connectivity index (χ0n) is 29.3. The normalized spacial score (nSPS) is 15.8. The van der Waals surface area contributed by atoms with Gasteiger partial charge in [0.2, 0.25) is 11.7 Å². The number of piperidine rings is 1. The molecule has 11 nitrogen and oxygen atoms in total. The van der Waals surface area contributed by atoms with Gasteiger partial charge in [0.15, 0.2) is 5.69 Å². The molecule has 2 fully saturated rings. The summed E-state index contributed by atoms with van der Waals surface area (Å²) in [6, 6.07) is 19.8. The molecule has 0 aliphatic carbocycles. The van der Waals surface area contributed by atoms with Crippen molar-refractivity contribution in [3.05, 3.63) is 101 Å². The zero-order valence-corrected chi connectivity index (χ0v) is 29.3. The molecule has 2 amide bonds. The molecule has 274 valence electrons. The van der Waals surface area contributed by atoms with Crippen LogP contribution in [0.4, 0.5) is 30.7 Å². The molecule has 0 atom stereocenters. The Labute approximate surface area is 299 Å². The first-order valence-electron chi connectivity index (χ1n) is 17.2. The quantitative estimate of drug-likeness (QED) is 0.202. The second kappa shape index (κ2) is 15.1. The number of pyridine rings is 1. The van der Waals surface area contributed by atoms with E-state index in [4.69, 9.17) is 9.15 Å². The van der Waals surface area contributed by atoms with Crippen LogP contribution in [0, 0.1) is 0 Å². The highest BCUT2D eigenvalue weighted by atomic mass is 19.4. The number of alkyl halides is 3. The first-order valence-corrected chi connectivity index (χ1v) is 17.2. The maximum Gasteiger partial charge on any atom is 0.437 e. The van der Waals surface area contributed by atoms with Gasteiger partial charge in [0.05, 0.1) is 23.9 Å². The Bertz CT molecular complexity index is 1880. The number of carbonyl (C=O) groups is 3. The summed E-state index contributed by atoms with van der Waals surface area (Å²) in [6.45, 7) is 8.05. The summed E-state index contributed by atoms with van der Waals surface area (Å²) >= 11 is 0. The van der Waals surface area contributed by atoms with E-state index in [2.05, 4.69) is 15.3 Å². The summed E-state index contributed by atoms with van der Waals surface area (Å²) in [4.78, 5) is 52.5. The number of benzene rings is 2. The Morgan fingerprint density at radius 3 is 2.17 bits per heavy atom. The van der Waals surface area contributed by atoms with E-state index in [9.17, 15) is 27.6 Å². The first-order chi connectivity index (χ1) is 24.7. The fraction of sp³-hybridized carbons (Fsp3) is 0.395. The first kappa shape index (κ1) is 36.4. The van der Waals surface area contributed by atoms with E-state index in [1.54, 1.807) is 67.0 Å². The number of aromatic nitrogens is 2. The van der Waals surface area contributed by atoms with Crippen molar-refractivity contribution in [2.24, 2.45) is 0 Å². The number of piperazine rings is 1. The van der Waals surface area contributed by atoms with Crippen LogP contribution in [0.2, 0.25) is 0 Å². The van der Waals surface area contributed by atoms with Crippen LogP contribution < -0.4 is 15.1 Å². The van der Waals surface area contributed by atoms with E-state index in [1.165, 1.54) is 11.8 Å². The highest BCUT2D eigenvalue weighted by molar-refractivity contribution is 6.03. The Morgan fingerprint density at radius 1 is 0.865 bits per heavy atom. The maximum atomic E-state index is 14.0. The monoisotopic (exact) mass is 718 g/mol. The summed E-state index contributed by atoms with van der Waals surface area (Å²) in [7, 11) is 0. The van der Waals surface area contributed by atoms with Crippen LogP contribution in [0.15, 0.2) is 77.3 Å². The van der Waals surface area contributed by atoms with Gasteiger partial charge in [-0.1, -0.05) is 48.5 Å². The van der Waals surface area contributed by atoms with Crippen LogP contribution in [0.3, 0.4) is 0 Å². The van der Waals surface area contributed by atoms with Gasteiger partial charge in [-0.3, -0.25) is 9.59 Å². The minimum Gasteiger partial charge on any atom is -0.456 e. The summed E-state index contributed by atoms with van der Waals surface area (Å²) in [5.74, 6) is -1.73. The standard InChI is InChI=1S/C38H41F3N6O5/c1-37(2,3)52-35(50)29-12-8-7-11-27(29)23-31(48)46-21-19-45(20-22-46)30-14-13-28(24-42-30)43-34(49)32-33(38(39,40)41)44-36(51-32)47-17-15-26(16-18-47)25-9-5-4-6-10-25/h4-14,24,26H,15-23H2,1-3H3,(H,43,49). The molecule has 2 saturated heterocycles. The topological polar surface area (TPSA) is 121 Å². The lowest BCUT2D eigenvalue weighted by molar-refractivity contribution is -0.141. The number of halogens is 3. The predicted octanol–water partition coefficient (Wildman–Crippen LogP) is 6.57. The van der Waals surface area contributed by atoms with Crippen molar-refractivity contribution in [1.82, 2.24) is 14.9 Å². The SMILES string of the molecule is CC(C)(C)OC(=O)c1ccccc1CC(=O)N1CCN(c2ccc(NC(=O)c3oc(N4CCC(c5ccccc5)CC4)nc3C(F)(F)F)cn2)CC1. The van der Waals surface area contributed by atoms with E-state index in [-0.39, 0.29) is 29.9 Å². The van der Waals surface area contributed by atoms with Gasteiger partial charge in [-0.15, -0.1) is 0 Å². The molecular formula is C38H41F3N6O5. The molecule has 1 N–H and O–H groups in total. The van der Waals surface area contributed by atoms with E-state index >= 15 is 0 Å². The molecule has 4 aromatic rings. The lowest BCUT2D eigenvalue weighted by atomic mass is 9.90.